The highest BCUT2D eigenvalue weighted by atomic mass is 35.5. The molecular weight excluding hydrogens is 370 g/mol. The Balaban J connectivity index is 1.67. The number of hydrogen-bond acceptors (Lipinski definition) is 2. The molecule has 0 spiro atoms. The van der Waals surface area contributed by atoms with Crippen LogP contribution >= 0.6 is 11.6 Å². The highest BCUT2D eigenvalue weighted by Gasteiger charge is 2.14. The molecule has 0 aliphatic carbocycles. The number of benzene rings is 3. The van der Waals surface area contributed by atoms with E-state index >= 15 is 0 Å². The summed E-state index contributed by atoms with van der Waals surface area (Å²) in [6, 6.07) is 20.9. The average Bonchev–Trinajstić information content (AvgIpc) is 2.67. The van der Waals surface area contributed by atoms with Crippen LogP contribution < -0.4 is 10.1 Å². The lowest BCUT2D eigenvalue weighted by Gasteiger charge is -2.17. The van der Waals surface area contributed by atoms with Gasteiger partial charge < -0.3 is 10.1 Å². The van der Waals surface area contributed by atoms with Crippen molar-refractivity contribution in [2.45, 2.75) is 33.4 Å². The van der Waals surface area contributed by atoms with E-state index in [1.165, 1.54) is 11.1 Å². The molecule has 0 saturated heterocycles. The Bertz CT molecular complexity index is 984. The number of carbonyl (C=O) groups is 1. The van der Waals surface area contributed by atoms with E-state index in [0.29, 0.717) is 22.9 Å². The molecule has 1 N–H and O–H groups in total. The summed E-state index contributed by atoms with van der Waals surface area (Å²) < 4.78 is 5.82. The van der Waals surface area contributed by atoms with E-state index in [0.717, 1.165) is 11.1 Å². The van der Waals surface area contributed by atoms with E-state index in [4.69, 9.17) is 16.3 Å². The predicted octanol–water partition coefficient (Wildman–Crippen LogP) is 6.03. The van der Waals surface area contributed by atoms with E-state index in [9.17, 15) is 4.79 Å². The van der Waals surface area contributed by atoms with Crippen LogP contribution in [0.2, 0.25) is 5.02 Å². The van der Waals surface area contributed by atoms with E-state index in [1.807, 2.05) is 43.3 Å². The van der Waals surface area contributed by atoms with Crippen LogP contribution in [0.5, 0.6) is 5.75 Å². The third kappa shape index (κ3) is 4.93. The maximum Gasteiger partial charge on any atom is 0.251 e. The van der Waals surface area contributed by atoms with Crippen molar-refractivity contribution in [3.63, 3.8) is 0 Å². The largest absolute Gasteiger partial charge is 0.489 e. The summed E-state index contributed by atoms with van der Waals surface area (Å²) >= 11 is 6.17. The third-order valence-corrected chi connectivity index (χ3v) is 5.06. The zero-order valence-electron chi connectivity index (χ0n) is 16.3. The molecule has 1 amide bonds. The molecule has 0 radical (unpaired) electrons. The van der Waals surface area contributed by atoms with Gasteiger partial charge in [0, 0.05) is 16.1 Å². The van der Waals surface area contributed by atoms with Crippen molar-refractivity contribution in [3.8, 4) is 5.75 Å². The lowest BCUT2D eigenvalue weighted by Crippen LogP contribution is -2.27. The molecule has 144 valence electrons. The van der Waals surface area contributed by atoms with Gasteiger partial charge in [-0.25, -0.2) is 0 Å². The van der Waals surface area contributed by atoms with Gasteiger partial charge in [0.1, 0.15) is 12.4 Å². The molecule has 3 aromatic rings. The van der Waals surface area contributed by atoms with Crippen molar-refractivity contribution in [1.29, 1.82) is 0 Å². The second kappa shape index (κ2) is 8.94. The van der Waals surface area contributed by atoms with Gasteiger partial charge in [0.05, 0.1) is 6.04 Å². The molecule has 0 aliphatic heterocycles. The molecule has 4 heteroatoms. The fourth-order valence-corrected chi connectivity index (χ4v) is 3.36. The molecule has 1 unspecified atom stereocenters. The molecule has 0 saturated carbocycles. The van der Waals surface area contributed by atoms with Crippen molar-refractivity contribution >= 4 is 17.5 Å². The van der Waals surface area contributed by atoms with Crippen LogP contribution in [0, 0.1) is 13.8 Å². The Morgan fingerprint density at radius 3 is 2.57 bits per heavy atom. The van der Waals surface area contributed by atoms with Crippen LogP contribution in [-0.2, 0) is 6.61 Å². The van der Waals surface area contributed by atoms with E-state index in [1.54, 1.807) is 12.1 Å². The Morgan fingerprint density at radius 2 is 1.82 bits per heavy atom. The zero-order chi connectivity index (χ0) is 20.1. The van der Waals surface area contributed by atoms with Crippen molar-refractivity contribution < 1.29 is 9.53 Å². The zero-order valence-corrected chi connectivity index (χ0v) is 17.1. The van der Waals surface area contributed by atoms with Crippen molar-refractivity contribution in [2.24, 2.45) is 0 Å². The highest BCUT2D eigenvalue weighted by Crippen LogP contribution is 2.21. The van der Waals surface area contributed by atoms with E-state index < -0.39 is 0 Å². The molecule has 1 atom stereocenters. The number of nitrogens with one attached hydrogen (secondary N) is 1. The van der Waals surface area contributed by atoms with Gasteiger partial charge in [-0.3, -0.25) is 4.79 Å². The third-order valence-electron chi connectivity index (χ3n) is 4.69. The first-order chi connectivity index (χ1) is 13.4. The fraction of sp³-hybridized carbons (Fsp3) is 0.208. The summed E-state index contributed by atoms with van der Waals surface area (Å²) in [6.07, 6.45) is 0. The van der Waals surface area contributed by atoms with Gasteiger partial charge in [0.25, 0.3) is 5.91 Å². The number of carbonyl (C=O) groups excluding carboxylic acids is 1. The molecule has 28 heavy (non-hydrogen) atoms. The van der Waals surface area contributed by atoms with E-state index in [2.05, 4.69) is 37.4 Å². The lowest BCUT2D eigenvalue weighted by molar-refractivity contribution is 0.0939. The van der Waals surface area contributed by atoms with Crippen molar-refractivity contribution in [2.75, 3.05) is 0 Å². The summed E-state index contributed by atoms with van der Waals surface area (Å²) in [5.74, 6) is 0.502. The Labute approximate surface area is 171 Å². The summed E-state index contributed by atoms with van der Waals surface area (Å²) in [5, 5.41) is 3.73. The number of aryl methyl sites for hydroxylation is 2. The minimum atomic E-state index is -0.129. The summed E-state index contributed by atoms with van der Waals surface area (Å²) in [6.45, 7) is 6.47. The molecule has 0 aromatic heterocycles. The van der Waals surface area contributed by atoms with Crippen molar-refractivity contribution in [1.82, 2.24) is 5.32 Å². The van der Waals surface area contributed by atoms with Gasteiger partial charge in [0.15, 0.2) is 0 Å². The smallest absolute Gasteiger partial charge is 0.251 e. The van der Waals surface area contributed by atoms with Gasteiger partial charge >= 0.3 is 0 Å². The van der Waals surface area contributed by atoms with Gasteiger partial charge in [-0.2, -0.15) is 0 Å². The SMILES string of the molecule is Cc1ccc(C(C)NC(=O)c2cccc(OCc3ccccc3Cl)c2)c(C)c1. The molecule has 0 aliphatic rings. The van der Waals surface area contributed by atoms with Crippen LogP contribution in [-0.4, -0.2) is 5.91 Å². The molecule has 0 fully saturated rings. The minimum Gasteiger partial charge on any atom is -0.489 e. The van der Waals surface area contributed by atoms with Crippen LogP contribution in [0.4, 0.5) is 0 Å². The first-order valence-electron chi connectivity index (χ1n) is 9.28. The van der Waals surface area contributed by atoms with E-state index in [-0.39, 0.29) is 11.9 Å². The number of halogens is 1. The maximum absolute atomic E-state index is 12.7. The standard InChI is InChI=1S/C24H24ClNO2/c1-16-11-12-22(17(2)13-16)18(3)26-24(27)19-8-6-9-21(14-19)28-15-20-7-4-5-10-23(20)25/h4-14,18H,15H2,1-3H3,(H,26,27). The number of hydrogen-bond donors (Lipinski definition) is 1. The molecule has 0 bridgehead atoms. The van der Waals surface area contributed by atoms with Crippen LogP contribution in [0.3, 0.4) is 0 Å². The van der Waals surface area contributed by atoms with Gasteiger partial charge in [-0.15, -0.1) is 0 Å². The van der Waals surface area contributed by atoms with Crippen LogP contribution in [0.25, 0.3) is 0 Å². The summed E-state index contributed by atoms with van der Waals surface area (Å²) in [4.78, 5) is 12.7. The first-order valence-corrected chi connectivity index (χ1v) is 9.66. The van der Waals surface area contributed by atoms with Gasteiger partial charge in [0.2, 0.25) is 0 Å². The lowest BCUT2D eigenvalue weighted by atomic mass is 10.00. The molecule has 3 nitrogen and oxygen atoms in total. The number of rotatable bonds is 6. The maximum atomic E-state index is 12.7. The molecular formula is C24H24ClNO2. The van der Waals surface area contributed by atoms with Crippen LogP contribution in [0.15, 0.2) is 66.7 Å². The second-order valence-corrected chi connectivity index (χ2v) is 7.37. The minimum absolute atomic E-state index is 0.0826. The van der Waals surface area contributed by atoms with Crippen LogP contribution in [0.1, 0.15) is 45.6 Å². The second-order valence-electron chi connectivity index (χ2n) is 6.96. The highest BCUT2D eigenvalue weighted by molar-refractivity contribution is 6.31. The molecule has 0 heterocycles. The Morgan fingerprint density at radius 1 is 1.04 bits per heavy atom. The number of ether oxygens (including phenoxy) is 1. The first kappa shape index (κ1) is 20.0. The topological polar surface area (TPSA) is 38.3 Å². The fourth-order valence-electron chi connectivity index (χ4n) is 3.17. The normalized spacial score (nSPS) is 11.7. The Kier molecular flexibility index (Phi) is 6.37. The molecule has 3 aromatic carbocycles. The predicted molar refractivity (Wildman–Crippen MR) is 114 cm³/mol. The van der Waals surface area contributed by atoms with Crippen molar-refractivity contribution in [3.05, 3.63) is 99.6 Å². The average molecular weight is 394 g/mol. The molecule has 3 rings (SSSR count). The van der Waals surface area contributed by atoms with Gasteiger partial charge in [-0.1, -0.05) is 59.6 Å². The monoisotopic (exact) mass is 393 g/mol. The Hall–Kier alpha value is -2.78. The van der Waals surface area contributed by atoms with Gasteiger partial charge in [-0.05, 0) is 56.2 Å². The summed E-state index contributed by atoms with van der Waals surface area (Å²) in [5.41, 5.74) is 4.97. The summed E-state index contributed by atoms with van der Waals surface area (Å²) in [7, 11) is 0. The quantitative estimate of drug-likeness (QED) is 0.555. The number of amides is 1.